The van der Waals surface area contributed by atoms with Crippen LogP contribution in [0.15, 0.2) is 75.7 Å². The summed E-state index contributed by atoms with van der Waals surface area (Å²) in [6.07, 6.45) is 0. The van der Waals surface area contributed by atoms with E-state index in [-0.39, 0.29) is 6.61 Å². The summed E-state index contributed by atoms with van der Waals surface area (Å²) in [4.78, 5) is 0. The number of rotatable bonds is 5. The Balaban J connectivity index is 1.67. The number of benzene rings is 3. The molecule has 0 aliphatic heterocycles. The Hall–Kier alpha value is -2.11. The van der Waals surface area contributed by atoms with Crippen molar-refractivity contribution in [2.24, 2.45) is 0 Å². The molecule has 0 amide bonds. The molecule has 0 aliphatic carbocycles. The zero-order valence-electron chi connectivity index (χ0n) is 13.9. The summed E-state index contributed by atoms with van der Waals surface area (Å²) in [7, 11) is 0. The fourth-order valence-corrected chi connectivity index (χ4v) is 3.86. The SMILES string of the molecule is N=C(COc1ccccc1)Cn1c2ccc(Br)cc2c2cc(Br)ccc21. The minimum Gasteiger partial charge on any atom is -0.488 e. The van der Waals surface area contributed by atoms with E-state index in [4.69, 9.17) is 10.1 Å². The molecular weight excluding hydrogens is 456 g/mol. The molecule has 0 saturated heterocycles. The molecular formula is C21H16Br2N2O. The first-order valence-electron chi connectivity index (χ1n) is 8.23. The lowest BCUT2D eigenvalue weighted by molar-refractivity contribution is 0.372. The molecule has 4 rings (SSSR count). The van der Waals surface area contributed by atoms with Gasteiger partial charge in [0.1, 0.15) is 12.4 Å². The quantitative estimate of drug-likeness (QED) is 0.335. The normalized spacial score (nSPS) is 11.2. The second-order valence-electron chi connectivity index (χ2n) is 6.11. The molecule has 1 heterocycles. The van der Waals surface area contributed by atoms with Crippen LogP contribution in [-0.4, -0.2) is 16.9 Å². The van der Waals surface area contributed by atoms with Crippen LogP contribution in [0.25, 0.3) is 21.8 Å². The maximum atomic E-state index is 8.38. The standard InChI is InChI=1S/C21H16Br2N2O/c22-14-6-8-20-18(10-14)19-11-15(23)7-9-21(19)25(20)12-16(24)13-26-17-4-2-1-3-5-17/h1-11,24H,12-13H2. The molecule has 0 spiro atoms. The second kappa shape index (κ2) is 7.25. The number of aromatic nitrogens is 1. The zero-order chi connectivity index (χ0) is 18.1. The van der Waals surface area contributed by atoms with Crippen molar-refractivity contribution >= 4 is 59.4 Å². The lowest BCUT2D eigenvalue weighted by Crippen LogP contribution is -2.17. The first-order chi connectivity index (χ1) is 12.6. The van der Waals surface area contributed by atoms with Gasteiger partial charge in [0.2, 0.25) is 0 Å². The van der Waals surface area contributed by atoms with E-state index < -0.39 is 0 Å². The van der Waals surface area contributed by atoms with Gasteiger partial charge in [-0.1, -0.05) is 50.1 Å². The molecule has 3 aromatic carbocycles. The number of nitrogens with zero attached hydrogens (tertiary/aromatic N) is 1. The van der Waals surface area contributed by atoms with Gasteiger partial charge in [-0.2, -0.15) is 0 Å². The number of hydrogen-bond donors (Lipinski definition) is 1. The molecule has 0 atom stereocenters. The summed E-state index contributed by atoms with van der Waals surface area (Å²) in [5.41, 5.74) is 2.76. The Bertz CT molecular complexity index is 1040. The van der Waals surface area contributed by atoms with Crippen LogP contribution in [-0.2, 0) is 6.54 Å². The van der Waals surface area contributed by atoms with Crippen LogP contribution < -0.4 is 4.74 Å². The monoisotopic (exact) mass is 470 g/mol. The van der Waals surface area contributed by atoms with E-state index in [0.29, 0.717) is 12.3 Å². The lowest BCUT2D eigenvalue weighted by atomic mass is 10.2. The van der Waals surface area contributed by atoms with Crippen LogP contribution in [0.5, 0.6) is 5.75 Å². The highest BCUT2D eigenvalue weighted by molar-refractivity contribution is 9.10. The third-order valence-corrected chi connectivity index (χ3v) is 5.28. The molecule has 0 radical (unpaired) electrons. The first-order valence-corrected chi connectivity index (χ1v) is 9.81. The predicted octanol–water partition coefficient (Wildman–Crippen LogP) is 6.42. The van der Waals surface area contributed by atoms with Gasteiger partial charge in [-0.3, -0.25) is 0 Å². The number of halogens is 2. The first kappa shape index (κ1) is 17.3. The number of para-hydroxylation sites is 1. The molecule has 130 valence electrons. The predicted molar refractivity (Wildman–Crippen MR) is 115 cm³/mol. The van der Waals surface area contributed by atoms with E-state index in [1.165, 1.54) is 10.8 Å². The summed E-state index contributed by atoms with van der Waals surface area (Å²) in [6, 6.07) is 22.2. The Morgan fingerprint density at radius 3 is 2.00 bits per heavy atom. The highest BCUT2D eigenvalue weighted by atomic mass is 79.9. The largest absolute Gasteiger partial charge is 0.488 e. The number of hydrogen-bond acceptors (Lipinski definition) is 2. The maximum absolute atomic E-state index is 8.38. The van der Waals surface area contributed by atoms with Crippen molar-refractivity contribution in [2.45, 2.75) is 6.54 Å². The van der Waals surface area contributed by atoms with Gasteiger partial charge in [0.05, 0.1) is 12.3 Å². The maximum Gasteiger partial charge on any atom is 0.127 e. The van der Waals surface area contributed by atoms with Gasteiger partial charge in [0.25, 0.3) is 0 Å². The third-order valence-electron chi connectivity index (χ3n) is 4.29. The zero-order valence-corrected chi connectivity index (χ0v) is 17.0. The summed E-state index contributed by atoms with van der Waals surface area (Å²) < 4.78 is 10.0. The number of ether oxygens (including phenoxy) is 1. The van der Waals surface area contributed by atoms with Crippen LogP contribution in [0.4, 0.5) is 0 Å². The van der Waals surface area contributed by atoms with Gasteiger partial charge >= 0.3 is 0 Å². The van der Waals surface area contributed by atoms with E-state index in [0.717, 1.165) is 25.7 Å². The van der Waals surface area contributed by atoms with Crippen molar-refractivity contribution < 1.29 is 4.74 Å². The molecule has 0 saturated carbocycles. The van der Waals surface area contributed by atoms with Crippen molar-refractivity contribution in [1.29, 1.82) is 5.41 Å². The topological polar surface area (TPSA) is 38.0 Å². The minimum absolute atomic E-state index is 0.276. The van der Waals surface area contributed by atoms with Crippen LogP contribution in [0.1, 0.15) is 0 Å². The van der Waals surface area contributed by atoms with E-state index >= 15 is 0 Å². The van der Waals surface area contributed by atoms with Gasteiger partial charge < -0.3 is 14.7 Å². The molecule has 0 bridgehead atoms. The molecule has 1 aromatic heterocycles. The molecule has 3 nitrogen and oxygen atoms in total. The van der Waals surface area contributed by atoms with Crippen LogP contribution >= 0.6 is 31.9 Å². The van der Waals surface area contributed by atoms with Crippen molar-refractivity contribution in [3.63, 3.8) is 0 Å². The molecule has 1 N–H and O–H groups in total. The second-order valence-corrected chi connectivity index (χ2v) is 7.95. The van der Waals surface area contributed by atoms with Gasteiger partial charge in [-0.15, -0.1) is 0 Å². The van der Waals surface area contributed by atoms with E-state index in [1.807, 2.05) is 42.5 Å². The van der Waals surface area contributed by atoms with Crippen molar-refractivity contribution in [2.75, 3.05) is 6.61 Å². The van der Waals surface area contributed by atoms with Gasteiger partial charge in [0.15, 0.2) is 0 Å². The van der Waals surface area contributed by atoms with Crippen LogP contribution in [0.3, 0.4) is 0 Å². The van der Waals surface area contributed by atoms with Gasteiger partial charge in [-0.25, -0.2) is 0 Å². The molecule has 4 aromatic rings. The van der Waals surface area contributed by atoms with Crippen molar-refractivity contribution in [1.82, 2.24) is 4.57 Å². The minimum atomic E-state index is 0.276. The number of nitrogens with one attached hydrogen (secondary N) is 1. The van der Waals surface area contributed by atoms with E-state index in [2.05, 4.69) is 60.7 Å². The number of fused-ring (bicyclic) bond motifs is 3. The Morgan fingerprint density at radius 2 is 1.42 bits per heavy atom. The summed E-state index contributed by atoms with van der Waals surface area (Å²) in [5.74, 6) is 0.785. The third kappa shape index (κ3) is 3.41. The summed E-state index contributed by atoms with van der Waals surface area (Å²) >= 11 is 7.13. The highest BCUT2D eigenvalue weighted by Crippen LogP contribution is 2.33. The van der Waals surface area contributed by atoms with E-state index in [9.17, 15) is 0 Å². The smallest absolute Gasteiger partial charge is 0.127 e. The summed E-state index contributed by atoms with van der Waals surface area (Å²) in [5, 5.41) is 10.7. The highest BCUT2D eigenvalue weighted by Gasteiger charge is 2.13. The van der Waals surface area contributed by atoms with Crippen LogP contribution in [0.2, 0.25) is 0 Å². The summed E-state index contributed by atoms with van der Waals surface area (Å²) in [6.45, 7) is 0.772. The van der Waals surface area contributed by atoms with Crippen LogP contribution in [0, 0.1) is 5.41 Å². The average Bonchev–Trinajstić information content (AvgIpc) is 2.93. The lowest BCUT2D eigenvalue weighted by Gasteiger charge is -2.10. The molecule has 5 heteroatoms. The average molecular weight is 472 g/mol. The fourth-order valence-electron chi connectivity index (χ4n) is 3.14. The van der Waals surface area contributed by atoms with Crippen molar-refractivity contribution in [3.05, 3.63) is 75.7 Å². The fraction of sp³-hybridized carbons (Fsp3) is 0.0952. The van der Waals surface area contributed by atoms with Gasteiger partial charge in [-0.05, 0) is 48.5 Å². The van der Waals surface area contributed by atoms with Crippen molar-refractivity contribution in [3.8, 4) is 5.75 Å². The Morgan fingerprint density at radius 1 is 0.846 bits per heavy atom. The molecule has 0 unspecified atom stereocenters. The molecule has 26 heavy (non-hydrogen) atoms. The Kier molecular flexibility index (Phi) is 4.83. The van der Waals surface area contributed by atoms with Gasteiger partial charge in [0, 0.05) is 30.8 Å². The molecule has 0 fully saturated rings. The molecule has 0 aliphatic rings. The Labute approximate surface area is 168 Å². The van der Waals surface area contributed by atoms with E-state index in [1.54, 1.807) is 0 Å².